The van der Waals surface area contributed by atoms with Gasteiger partial charge in [-0.05, 0) is 63.5 Å². The van der Waals surface area contributed by atoms with Gasteiger partial charge in [0.15, 0.2) is 5.17 Å². The summed E-state index contributed by atoms with van der Waals surface area (Å²) in [5.41, 5.74) is 0.0837. The average Bonchev–Trinajstić information content (AvgIpc) is 2.44. The monoisotopic (exact) mass is 326 g/mol. The Balaban J connectivity index is 2.97. The maximum atomic E-state index is 5.21. The van der Waals surface area contributed by atoms with Gasteiger partial charge >= 0.3 is 0 Å². The van der Waals surface area contributed by atoms with Gasteiger partial charge in [0, 0.05) is 5.54 Å². The van der Waals surface area contributed by atoms with Gasteiger partial charge in [0.2, 0.25) is 0 Å². The first-order valence-electron chi connectivity index (χ1n) is 9.11. The fourth-order valence-corrected chi connectivity index (χ4v) is 4.34. The highest BCUT2D eigenvalue weighted by atomic mass is 32.2. The Bertz CT molecular complexity index is 343. The molecule has 22 heavy (non-hydrogen) atoms. The highest BCUT2D eigenvalue weighted by Crippen LogP contribution is 2.42. The minimum absolute atomic E-state index is 0.0837. The molecule has 2 unspecified atom stereocenters. The quantitative estimate of drug-likeness (QED) is 0.538. The van der Waals surface area contributed by atoms with Gasteiger partial charge in [0.25, 0.3) is 0 Å². The second-order valence-electron chi connectivity index (χ2n) is 8.32. The Morgan fingerprint density at radius 2 is 1.64 bits per heavy atom. The lowest BCUT2D eigenvalue weighted by Crippen LogP contribution is -2.42. The summed E-state index contributed by atoms with van der Waals surface area (Å²) >= 11 is 1.76. The lowest BCUT2D eigenvalue weighted by molar-refractivity contribution is 0.125. The van der Waals surface area contributed by atoms with Gasteiger partial charge in [0.05, 0.1) is 6.04 Å². The molecule has 0 spiro atoms. The van der Waals surface area contributed by atoms with Gasteiger partial charge in [0.1, 0.15) is 0 Å². The molecule has 1 N–H and O–H groups in total. The van der Waals surface area contributed by atoms with E-state index >= 15 is 0 Å². The van der Waals surface area contributed by atoms with Crippen LogP contribution in [-0.2, 0) is 0 Å². The molecule has 2 atom stereocenters. The van der Waals surface area contributed by atoms with Crippen LogP contribution < -0.4 is 5.32 Å². The first-order valence-corrected chi connectivity index (χ1v) is 10.3. The van der Waals surface area contributed by atoms with E-state index in [-0.39, 0.29) is 5.54 Å². The molecular weight excluding hydrogens is 288 g/mol. The zero-order valence-corrected chi connectivity index (χ0v) is 16.9. The van der Waals surface area contributed by atoms with Crippen LogP contribution in [0.1, 0.15) is 74.1 Å². The molecule has 1 rings (SSSR count). The summed E-state index contributed by atoms with van der Waals surface area (Å²) in [4.78, 5) is 5.21. The Hall–Kier alpha value is -0.180. The number of amidine groups is 1. The lowest BCUT2D eigenvalue weighted by atomic mass is 9.67. The van der Waals surface area contributed by atoms with Crippen molar-refractivity contribution in [2.45, 2.75) is 85.7 Å². The maximum absolute atomic E-state index is 5.21. The molecular formula is C19H38N2S. The van der Waals surface area contributed by atoms with Crippen molar-refractivity contribution in [3.05, 3.63) is 0 Å². The van der Waals surface area contributed by atoms with E-state index in [9.17, 15) is 0 Å². The molecule has 130 valence electrons. The number of hydrogen-bond donors (Lipinski definition) is 1. The van der Waals surface area contributed by atoms with Gasteiger partial charge < -0.3 is 5.32 Å². The van der Waals surface area contributed by atoms with Crippen LogP contribution in [0.4, 0.5) is 0 Å². The largest absolute Gasteiger partial charge is 0.360 e. The van der Waals surface area contributed by atoms with Crippen molar-refractivity contribution in [3.8, 4) is 0 Å². The number of nitrogens with one attached hydrogen (secondary N) is 1. The standard InChI is InChI=1S/C19H38N2S/c1-9-14-11-16(13(3)4)12-15(10-2)17(14)20-18(22-8)21-19(5,6)7/h13-17H,9-12H2,1-8H3,(H,20,21). The van der Waals surface area contributed by atoms with Crippen molar-refractivity contribution in [2.75, 3.05) is 6.26 Å². The number of thioether (sulfide) groups is 1. The first kappa shape index (κ1) is 19.9. The molecule has 1 fully saturated rings. The third-order valence-electron chi connectivity index (χ3n) is 5.11. The van der Waals surface area contributed by atoms with Crippen LogP contribution >= 0.6 is 11.8 Å². The van der Waals surface area contributed by atoms with Gasteiger partial charge in [-0.3, -0.25) is 4.99 Å². The molecule has 0 aliphatic heterocycles. The highest BCUT2D eigenvalue weighted by Gasteiger charge is 2.37. The van der Waals surface area contributed by atoms with Crippen molar-refractivity contribution in [3.63, 3.8) is 0 Å². The predicted molar refractivity (Wildman–Crippen MR) is 103 cm³/mol. The predicted octanol–water partition coefficient (Wildman–Crippen LogP) is 5.58. The van der Waals surface area contributed by atoms with Gasteiger partial charge in [-0.25, -0.2) is 0 Å². The number of rotatable bonds is 4. The van der Waals surface area contributed by atoms with Crippen LogP contribution in [0.2, 0.25) is 0 Å². The van der Waals surface area contributed by atoms with Crippen molar-refractivity contribution >= 4 is 16.9 Å². The highest BCUT2D eigenvalue weighted by molar-refractivity contribution is 8.13. The van der Waals surface area contributed by atoms with Crippen molar-refractivity contribution < 1.29 is 0 Å². The van der Waals surface area contributed by atoms with E-state index in [0.717, 1.165) is 28.8 Å². The smallest absolute Gasteiger partial charge is 0.156 e. The summed E-state index contributed by atoms with van der Waals surface area (Å²) < 4.78 is 0. The second-order valence-corrected chi connectivity index (χ2v) is 9.11. The summed E-state index contributed by atoms with van der Waals surface area (Å²) in [6.07, 6.45) is 7.36. The summed E-state index contributed by atoms with van der Waals surface area (Å²) in [7, 11) is 0. The van der Waals surface area contributed by atoms with E-state index in [0.29, 0.717) is 6.04 Å². The summed E-state index contributed by atoms with van der Waals surface area (Å²) in [5, 5.41) is 4.71. The van der Waals surface area contributed by atoms with E-state index in [1.165, 1.54) is 25.7 Å². The SMILES string of the molecule is CCC1CC(C(C)C)CC(CC)C1N=C(NC(C)(C)C)SC. The van der Waals surface area contributed by atoms with Crippen LogP contribution in [0.15, 0.2) is 4.99 Å². The zero-order valence-electron chi connectivity index (χ0n) is 16.1. The van der Waals surface area contributed by atoms with E-state index in [1.54, 1.807) is 11.8 Å². The Labute approximate surface area is 143 Å². The van der Waals surface area contributed by atoms with Gasteiger partial charge in [-0.2, -0.15) is 0 Å². The molecule has 0 bridgehead atoms. The van der Waals surface area contributed by atoms with Crippen LogP contribution in [-0.4, -0.2) is 23.0 Å². The third kappa shape index (κ3) is 5.79. The van der Waals surface area contributed by atoms with E-state index in [1.807, 2.05) is 0 Å². The molecule has 1 aliphatic carbocycles. The van der Waals surface area contributed by atoms with E-state index < -0.39 is 0 Å². The minimum Gasteiger partial charge on any atom is -0.360 e. The Morgan fingerprint density at radius 3 is 1.95 bits per heavy atom. The first-order chi connectivity index (χ1) is 10.2. The normalized spacial score (nSPS) is 30.7. The van der Waals surface area contributed by atoms with Crippen LogP contribution in [0.25, 0.3) is 0 Å². The molecule has 1 saturated carbocycles. The molecule has 0 heterocycles. The molecule has 0 aromatic rings. The molecule has 2 nitrogen and oxygen atoms in total. The van der Waals surface area contributed by atoms with Gasteiger partial charge in [-0.15, -0.1) is 0 Å². The lowest BCUT2D eigenvalue weighted by Gasteiger charge is -2.41. The number of aliphatic imine (C=N–C) groups is 1. The molecule has 0 saturated heterocycles. The Morgan fingerprint density at radius 1 is 1.14 bits per heavy atom. The number of hydrogen-bond acceptors (Lipinski definition) is 2. The second kappa shape index (κ2) is 8.61. The van der Waals surface area contributed by atoms with E-state index in [4.69, 9.17) is 4.99 Å². The minimum atomic E-state index is 0.0837. The molecule has 3 heteroatoms. The van der Waals surface area contributed by atoms with Crippen molar-refractivity contribution in [2.24, 2.45) is 28.7 Å². The fourth-order valence-electron chi connectivity index (χ4n) is 3.70. The molecule has 0 amide bonds. The average molecular weight is 327 g/mol. The van der Waals surface area contributed by atoms with Crippen LogP contribution in [0.5, 0.6) is 0 Å². The van der Waals surface area contributed by atoms with E-state index in [2.05, 4.69) is 60.0 Å². The number of nitrogens with zero attached hydrogens (tertiary/aromatic N) is 1. The van der Waals surface area contributed by atoms with Gasteiger partial charge in [-0.1, -0.05) is 52.3 Å². The third-order valence-corrected chi connectivity index (χ3v) is 5.70. The maximum Gasteiger partial charge on any atom is 0.156 e. The molecule has 0 aromatic carbocycles. The topological polar surface area (TPSA) is 24.4 Å². The van der Waals surface area contributed by atoms with Crippen LogP contribution in [0.3, 0.4) is 0 Å². The summed E-state index contributed by atoms with van der Waals surface area (Å²) in [6, 6.07) is 0.502. The zero-order chi connectivity index (χ0) is 16.9. The van der Waals surface area contributed by atoms with Crippen LogP contribution in [0, 0.1) is 23.7 Å². The molecule has 1 aliphatic rings. The van der Waals surface area contributed by atoms with Crippen molar-refractivity contribution in [1.82, 2.24) is 5.32 Å². The summed E-state index contributed by atoms with van der Waals surface area (Å²) in [6.45, 7) is 16.1. The molecule has 0 aromatic heterocycles. The fraction of sp³-hybridized carbons (Fsp3) is 0.947. The summed E-state index contributed by atoms with van der Waals surface area (Å²) in [5.74, 6) is 3.18. The molecule has 0 radical (unpaired) electrons. The van der Waals surface area contributed by atoms with Crippen molar-refractivity contribution in [1.29, 1.82) is 0 Å². The Kier molecular flexibility index (Phi) is 7.78.